The maximum absolute atomic E-state index is 13.6. The van der Waals surface area contributed by atoms with Crippen molar-refractivity contribution in [1.29, 1.82) is 5.26 Å². The summed E-state index contributed by atoms with van der Waals surface area (Å²) in [6.45, 7) is 0. The van der Waals surface area contributed by atoms with Crippen LogP contribution in [0, 0.1) is 11.3 Å². The average Bonchev–Trinajstić information content (AvgIpc) is 2.85. The number of nitriles is 1. The van der Waals surface area contributed by atoms with Gasteiger partial charge in [-0.25, -0.2) is 4.79 Å². The van der Waals surface area contributed by atoms with Crippen molar-refractivity contribution in [2.75, 3.05) is 12.4 Å². The summed E-state index contributed by atoms with van der Waals surface area (Å²) in [6, 6.07) is 12.5. The fourth-order valence-electron chi connectivity index (χ4n) is 3.50. The van der Waals surface area contributed by atoms with Gasteiger partial charge in [0.25, 0.3) is 11.5 Å². The average molecular weight is 537 g/mol. The molecule has 3 amide bonds. The highest BCUT2D eigenvalue weighted by Gasteiger charge is 2.72. The molecule has 38 heavy (non-hydrogen) atoms. The zero-order valence-electron chi connectivity index (χ0n) is 19.2. The topological polar surface area (TPSA) is 111 Å². The van der Waals surface area contributed by atoms with Crippen LogP contribution in [-0.2, 0) is 10.4 Å². The van der Waals surface area contributed by atoms with Gasteiger partial charge in [0, 0.05) is 10.9 Å². The summed E-state index contributed by atoms with van der Waals surface area (Å²) in [7, 11) is 1.42. The standard InChI is InChI=1S/C25H17F6N3O4/c1-38-17-9-6-14(7-10-17)12-16(13-32)21(35)34-22(36)33-20-18-5-3-2-4-15(18)8-11-19(20)23(37,24(26,27)28)25(29,30)31/h2-12,37H,1H3,(H2,33,34,35,36)/b16-12-. The van der Waals surface area contributed by atoms with Crippen LogP contribution in [0.5, 0.6) is 5.75 Å². The van der Waals surface area contributed by atoms with Gasteiger partial charge in [0.1, 0.15) is 17.4 Å². The first-order valence-electron chi connectivity index (χ1n) is 10.5. The Bertz CT molecular complexity index is 1430. The van der Waals surface area contributed by atoms with E-state index in [0.717, 1.165) is 18.2 Å². The molecule has 0 fully saturated rings. The fraction of sp³-hybridized carbons (Fsp3) is 0.160. The molecule has 3 aromatic rings. The van der Waals surface area contributed by atoms with Gasteiger partial charge >= 0.3 is 18.4 Å². The molecule has 3 rings (SSSR count). The number of anilines is 1. The van der Waals surface area contributed by atoms with Crippen LogP contribution >= 0.6 is 0 Å². The lowest BCUT2D eigenvalue weighted by atomic mass is 9.88. The number of carbonyl (C=O) groups excluding carboxylic acids is 2. The molecule has 0 saturated heterocycles. The Balaban J connectivity index is 2.01. The second kappa shape index (κ2) is 10.4. The summed E-state index contributed by atoms with van der Waals surface area (Å²) < 4.78 is 86.7. The smallest absolute Gasteiger partial charge is 0.430 e. The number of methoxy groups -OCH3 is 1. The maximum Gasteiger partial charge on any atom is 0.430 e. The van der Waals surface area contributed by atoms with Gasteiger partial charge in [0.2, 0.25) is 0 Å². The van der Waals surface area contributed by atoms with E-state index >= 15 is 0 Å². The molecule has 0 saturated carbocycles. The SMILES string of the molecule is COc1ccc(/C=C(/C#N)C(=O)NC(=O)Nc2c(C(O)(C(F)(F)F)C(F)(F)F)ccc3ccccc23)cc1. The highest BCUT2D eigenvalue weighted by molar-refractivity contribution is 6.13. The second-order valence-corrected chi connectivity index (χ2v) is 7.77. The highest BCUT2D eigenvalue weighted by Crippen LogP contribution is 2.52. The van der Waals surface area contributed by atoms with Crippen molar-refractivity contribution in [2.24, 2.45) is 0 Å². The monoisotopic (exact) mass is 537 g/mol. The Morgan fingerprint density at radius 1 is 0.947 bits per heavy atom. The first-order valence-corrected chi connectivity index (χ1v) is 10.5. The lowest BCUT2D eigenvalue weighted by Crippen LogP contribution is -2.54. The number of carbonyl (C=O) groups is 2. The van der Waals surface area contributed by atoms with Crippen molar-refractivity contribution in [1.82, 2.24) is 5.32 Å². The number of nitrogens with one attached hydrogen (secondary N) is 2. The third-order valence-electron chi connectivity index (χ3n) is 5.40. The van der Waals surface area contributed by atoms with E-state index < -0.39 is 46.7 Å². The molecular weight excluding hydrogens is 520 g/mol. The molecule has 0 aliphatic carbocycles. The highest BCUT2D eigenvalue weighted by atomic mass is 19.4. The van der Waals surface area contributed by atoms with E-state index in [4.69, 9.17) is 4.74 Å². The summed E-state index contributed by atoms with van der Waals surface area (Å²) in [5, 5.41) is 22.6. The molecule has 3 aromatic carbocycles. The molecule has 3 N–H and O–H groups in total. The molecule has 0 spiro atoms. The molecule has 0 unspecified atom stereocenters. The third-order valence-corrected chi connectivity index (χ3v) is 5.40. The number of benzene rings is 3. The van der Waals surface area contributed by atoms with Gasteiger partial charge in [-0.3, -0.25) is 10.1 Å². The maximum atomic E-state index is 13.6. The summed E-state index contributed by atoms with van der Waals surface area (Å²) in [5.41, 5.74) is -8.35. The zero-order chi connectivity index (χ0) is 28.3. The van der Waals surface area contributed by atoms with Crippen LogP contribution in [0.15, 0.2) is 66.2 Å². The van der Waals surface area contributed by atoms with E-state index in [1.54, 1.807) is 11.4 Å². The number of alkyl halides is 6. The van der Waals surface area contributed by atoms with Crippen LogP contribution < -0.4 is 15.4 Å². The van der Waals surface area contributed by atoms with Crippen molar-refractivity contribution in [2.45, 2.75) is 18.0 Å². The molecule has 7 nitrogen and oxygen atoms in total. The van der Waals surface area contributed by atoms with E-state index in [2.05, 4.69) is 0 Å². The van der Waals surface area contributed by atoms with E-state index in [9.17, 15) is 46.3 Å². The molecule has 13 heteroatoms. The number of rotatable bonds is 5. The molecule has 0 atom stereocenters. The lowest BCUT2D eigenvalue weighted by Gasteiger charge is -2.34. The number of urea groups is 1. The summed E-state index contributed by atoms with van der Waals surface area (Å²) in [4.78, 5) is 25.0. The number of aliphatic hydroxyl groups is 1. The van der Waals surface area contributed by atoms with Crippen molar-refractivity contribution in [3.63, 3.8) is 0 Å². The molecule has 0 aliphatic rings. The molecule has 0 aliphatic heterocycles. The predicted molar refractivity (Wildman–Crippen MR) is 124 cm³/mol. The molecule has 0 bridgehead atoms. The minimum atomic E-state index is -6.23. The van der Waals surface area contributed by atoms with Crippen molar-refractivity contribution in [3.8, 4) is 11.8 Å². The summed E-state index contributed by atoms with van der Waals surface area (Å²) in [6.07, 6.45) is -11.4. The molecule has 0 heterocycles. The van der Waals surface area contributed by atoms with Gasteiger partial charge in [-0.2, -0.15) is 31.6 Å². The van der Waals surface area contributed by atoms with Crippen LogP contribution in [0.1, 0.15) is 11.1 Å². The van der Waals surface area contributed by atoms with Crippen molar-refractivity contribution in [3.05, 3.63) is 77.4 Å². The van der Waals surface area contributed by atoms with Gasteiger partial charge in [-0.1, -0.05) is 48.5 Å². The predicted octanol–water partition coefficient (Wildman–Crippen LogP) is 5.42. The summed E-state index contributed by atoms with van der Waals surface area (Å²) >= 11 is 0. The largest absolute Gasteiger partial charge is 0.497 e. The fourth-order valence-corrected chi connectivity index (χ4v) is 3.50. The van der Waals surface area contributed by atoms with Gasteiger partial charge < -0.3 is 15.2 Å². The number of imide groups is 1. The van der Waals surface area contributed by atoms with Crippen molar-refractivity contribution >= 4 is 34.5 Å². The number of fused-ring (bicyclic) bond motifs is 1. The van der Waals surface area contributed by atoms with Crippen LogP contribution in [0.4, 0.5) is 36.8 Å². The zero-order valence-corrected chi connectivity index (χ0v) is 19.2. The number of nitrogens with zero attached hydrogens (tertiary/aromatic N) is 1. The van der Waals surface area contributed by atoms with Gasteiger partial charge in [-0.05, 0) is 29.2 Å². The van der Waals surface area contributed by atoms with Crippen LogP contribution in [0.2, 0.25) is 0 Å². The van der Waals surface area contributed by atoms with E-state index in [-0.39, 0.29) is 10.8 Å². The number of halogens is 6. The minimum Gasteiger partial charge on any atom is -0.497 e. The number of ether oxygens (including phenoxy) is 1. The molecule has 198 valence electrons. The van der Waals surface area contributed by atoms with Crippen molar-refractivity contribution < 1.29 is 45.8 Å². The Morgan fingerprint density at radius 2 is 1.55 bits per heavy atom. The van der Waals surface area contributed by atoms with Crippen LogP contribution in [0.3, 0.4) is 0 Å². The lowest BCUT2D eigenvalue weighted by molar-refractivity contribution is -0.375. The number of hydrogen-bond donors (Lipinski definition) is 3. The Morgan fingerprint density at radius 3 is 2.11 bits per heavy atom. The minimum absolute atomic E-state index is 0.127. The Kier molecular flexibility index (Phi) is 7.69. The van der Waals surface area contributed by atoms with Crippen LogP contribution in [-0.4, -0.2) is 36.5 Å². The quantitative estimate of drug-likeness (QED) is 0.229. The van der Waals surface area contributed by atoms with E-state index in [1.807, 2.05) is 5.32 Å². The van der Waals surface area contributed by atoms with Gasteiger partial charge in [0.15, 0.2) is 0 Å². The first kappa shape index (κ1) is 28.0. The normalized spacial score (nSPS) is 12.6. The van der Waals surface area contributed by atoms with Gasteiger partial charge in [-0.15, -0.1) is 0 Å². The number of hydrogen-bond acceptors (Lipinski definition) is 5. The van der Waals surface area contributed by atoms with Crippen LogP contribution in [0.25, 0.3) is 16.8 Å². The molecule has 0 radical (unpaired) electrons. The molecular formula is C25H17F6N3O4. The van der Waals surface area contributed by atoms with E-state index in [0.29, 0.717) is 17.4 Å². The number of amides is 3. The first-order chi connectivity index (χ1) is 17.7. The third kappa shape index (κ3) is 5.40. The molecule has 0 aromatic heterocycles. The van der Waals surface area contributed by atoms with Gasteiger partial charge in [0.05, 0.1) is 12.8 Å². The Labute approximate surface area is 210 Å². The Hall–Kier alpha value is -4.57. The summed E-state index contributed by atoms with van der Waals surface area (Å²) in [5.74, 6) is -0.808. The van der Waals surface area contributed by atoms with E-state index in [1.165, 1.54) is 49.6 Å². The second-order valence-electron chi connectivity index (χ2n) is 7.77.